The summed E-state index contributed by atoms with van der Waals surface area (Å²) in [5, 5.41) is 13.5. The van der Waals surface area contributed by atoms with Crippen LogP contribution in [0.5, 0.6) is 11.5 Å². The van der Waals surface area contributed by atoms with Gasteiger partial charge in [0.2, 0.25) is 6.79 Å². The number of aromatic amines is 1. The average molecular weight is 333 g/mol. The molecule has 0 fully saturated rings. The lowest BCUT2D eigenvalue weighted by Crippen LogP contribution is -1.94. The summed E-state index contributed by atoms with van der Waals surface area (Å²) in [6.07, 6.45) is 1.73. The lowest BCUT2D eigenvalue weighted by molar-refractivity contribution is -0.384. The van der Waals surface area contributed by atoms with Gasteiger partial charge in [-0.3, -0.25) is 15.1 Å². The van der Waals surface area contributed by atoms with Gasteiger partial charge in [-0.1, -0.05) is 18.2 Å². The van der Waals surface area contributed by atoms with E-state index in [1.807, 2.05) is 30.3 Å². The van der Waals surface area contributed by atoms with Crippen molar-refractivity contribution in [3.63, 3.8) is 0 Å². The maximum atomic E-state index is 11.5. The summed E-state index contributed by atoms with van der Waals surface area (Å²) in [5.74, 6) is 0.862. The molecule has 0 unspecified atom stereocenters. The summed E-state index contributed by atoms with van der Waals surface area (Å²) in [4.78, 5) is 18.8. The van der Waals surface area contributed by atoms with Crippen LogP contribution in [0.15, 0.2) is 48.7 Å². The Balaban J connectivity index is 1.75. The van der Waals surface area contributed by atoms with Gasteiger partial charge >= 0.3 is 0 Å². The third-order valence-electron chi connectivity index (χ3n) is 4.35. The number of aromatic nitrogens is 2. The van der Waals surface area contributed by atoms with Crippen LogP contribution in [-0.2, 0) is 0 Å². The number of nitro benzene ring substituents is 1. The second-order valence-electron chi connectivity index (χ2n) is 5.77. The zero-order valence-corrected chi connectivity index (χ0v) is 12.9. The second kappa shape index (κ2) is 4.94. The summed E-state index contributed by atoms with van der Waals surface area (Å²) in [5.41, 5.74) is 2.71. The maximum absolute atomic E-state index is 11.5. The smallest absolute Gasteiger partial charge is 0.282 e. The van der Waals surface area contributed by atoms with Crippen LogP contribution in [0.2, 0.25) is 0 Å². The number of benzene rings is 2. The van der Waals surface area contributed by atoms with E-state index in [0.29, 0.717) is 22.8 Å². The van der Waals surface area contributed by atoms with Gasteiger partial charge in [-0.05, 0) is 12.1 Å². The molecule has 0 saturated carbocycles. The van der Waals surface area contributed by atoms with Gasteiger partial charge in [0, 0.05) is 28.6 Å². The Morgan fingerprint density at radius 1 is 1.04 bits per heavy atom. The normalized spacial score (nSPS) is 12.8. The highest BCUT2D eigenvalue weighted by Gasteiger charge is 2.25. The Kier molecular flexibility index (Phi) is 2.73. The molecule has 0 bridgehead atoms. The van der Waals surface area contributed by atoms with E-state index in [-0.39, 0.29) is 12.5 Å². The van der Waals surface area contributed by atoms with Gasteiger partial charge in [-0.15, -0.1) is 0 Å². The zero-order chi connectivity index (χ0) is 17.0. The van der Waals surface area contributed by atoms with E-state index in [0.717, 1.165) is 21.8 Å². The summed E-state index contributed by atoms with van der Waals surface area (Å²) in [6, 6.07) is 12.7. The minimum atomic E-state index is -0.436. The number of rotatable bonds is 2. The highest BCUT2D eigenvalue weighted by atomic mass is 16.7. The van der Waals surface area contributed by atoms with Crippen molar-refractivity contribution < 1.29 is 14.4 Å². The van der Waals surface area contributed by atoms with E-state index >= 15 is 0 Å². The maximum Gasteiger partial charge on any atom is 0.282 e. The Bertz CT molecular complexity index is 1170. The fourth-order valence-corrected chi connectivity index (χ4v) is 3.18. The molecule has 0 spiro atoms. The molecular formula is C18H11N3O4. The van der Waals surface area contributed by atoms with E-state index in [4.69, 9.17) is 9.47 Å². The van der Waals surface area contributed by atoms with Crippen molar-refractivity contribution in [1.82, 2.24) is 9.97 Å². The highest BCUT2D eigenvalue weighted by Crippen LogP contribution is 2.42. The van der Waals surface area contributed by atoms with Crippen molar-refractivity contribution >= 4 is 27.5 Å². The molecule has 1 aliphatic rings. The molecule has 1 aliphatic heterocycles. The van der Waals surface area contributed by atoms with Crippen molar-refractivity contribution in [2.45, 2.75) is 0 Å². The zero-order valence-electron chi connectivity index (χ0n) is 12.9. The Hall–Kier alpha value is -3.61. The first-order valence-corrected chi connectivity index (χ1v) is 7.65. The lowest BCUT2D eigenvalue weighted by atomic mass is 10.1. The third-order valence-corrected chi connectivity index (χ3v) is 4.35. The fourth-order valence-electron chi connectivity index (χ4n) is 3.18. The number of nitrogens with one attached hydrogen (secondary N) is 1. The Labute approximate surface area is 141 Å². The predicted octanol–water partition coefficient (Wildman–Crippen LogP) is 4.02. The van der Waals surface area contributed by atoms with Crippen LogP contribution in [0.25, 0.3) is 33.1 Å². The topological polar surface area (TPSA) is 90.3 Å². The molecular weight excluding hydrogens is 322 g/mol. The Morgan fingerprint density at radius 2 is 1.84 bits per heavy atom. The minimum Gasteiger partial charge on any atom is -0.454 e. The van der Waals surface area contributed by atoms with Crippen LogP contribution >= 0.6 is 0 Å². The third kappa shape index (κ3) is 2.02. The SMILES string of the molecule is O=[N+]([O-])c1cc2c(cc1-c1cc3[nH]c4ccccc4c3cn1)OCO2. The molecule has 2 aromatic carbocycles. The molecule has 25 heavy (non-hydrogen) atoms. The fraction of sp³-hybridized carbons (Fsp3) is 0.0556. The summed E-state index contributed by atoms with van der Waals surface area (Å²) in [7, 11) is 0. The van der Waals surface area contributed by atoms with Crippen molar-refractivity contribution in [3.8, 4) is 22.8 Å². The molecule has 0 atom stereocenters. The number of nitrogens with zero attached hydrogens (tertiary/aromatic N) is 2. The van der Waals surface area contributed by atoms with E-state index in [1.54, 1.807) is 12.3 Å². The van der Waals surface area contributed by atoms with Crippen molar-refractivity contribution in [2.24, 2.45) is 0 Å². The van der Waals surface area contributed by atoms with Crippen LogP contribution in [0.1, 0.15) is 0 Å². The molecule has 3 heterocycles. The number of hydrogen-bond donors (Lipinski definition) is 1. The van der Waals surface area contributed by atoms with Gasteiger partial charge in [0.15, 0.2) is 11.5 Å². The Morgan fingerprint density at radius 3 is 2.68 bits per heavy atom. The highest BCUT2D eigenvalue weighted by molar-refractivity contribution is 6.07. The quantitative estimate of drug-likeness (QED) is 0.442. The summed E-state index contributed by atoms with van der Waals surface area (Å²) >= 11 is 0. The first-order valence-electron chi connectivity index (χ1n) is 7.65. The first kappa shape index (κ1) is 13.8. The van der Waals surface area contributed by atoms with Crippen molar-refractivity contribution in [2.75, 3.05) is 6.79 Å². The van der Waals surface area contributed by atoms with E-state index < -0.39 is 4.92 Å². The minimum absolute atomic E-state index is 0.0599. The predicted molar refractivity (Wildman–Crippen MR) is 91.8 cm³/mol. The number of ether oxygens (including phenoxy) is 2. The molecule has 5 rings (SSSR count). The monoisotopic (exact) mass is 333 g/mol. The molecule has 0 amide bonds. The molecule has 2 aromatic heterocycles. The number of pyridine rings is 1. The van der Waals surface area contributed by atoms with E-state index in [9.17, 15) is 10.1 Å². The average Bonchev–Trinajstić information content (AvgIpc) is 3.23. The molecule has 0 saturated heterocycles. The molecule has 7 nitrogen and oxygen atoms in total. The summed E-state index contributed by atoms with van der Waals surface area (Å²) < 4.78 is 10.6. The number of para-hydroxylation sites is 1. The molecule has 7 heteroatoms. The van der Waals surface area contributed by atoms with E-state index in [2.05, 4.69) is 9.97 Å². The van der Waals surface area contributed by atoms with Gasteiger partial charge in [0.05, 0.1) is 27.8 Å². The van der Waals surface area contributed by atoms with Crippen molar-refractivity contribution in [1.29, 1.82) is 0 Å². The number of hydrogen-bond acceptors (Lipinski definition) is 5. The van der Waals surface area contributed by atoms with Crippen LogP contribution in [0.3, 0.4) is 0 Å². The molecule has 1 N–H and O–H groups in total. The van der Waals surface area contributed by atoms with Gasteiger partial charge < -0.3 is 14.5 Å². The van der Waals surface area contributed by atoms with Crippen molar-refractivity contribution in [3.05, 3.63) is 58.8 Å². The van der Waals surface area contributed by atoms with Gasteiger partial charge in [0.1, 0.15) is 0 Å². The number of nitro groups is 1. The molecule has 4 aromatic rings. The van der Waals surface area contributed by atoms with Gasteiger partial charge in [-0.25, -0.2) is 0 Å². The lowest BCUT2D eigenvalue weighted by Gasteiger charge is -2.05. The molecule has 0 radical (unpaired) electrons. The van der Waals surface area contributed by atoms with Gasteiger partial charge in [-0.2, -0.15) is 0 Å². The van der Waals surface area contributed by atoms with E-state index in [1.165, 1.54) is 6.07 Å². The molecule has 0 aliphatic carbocycles. The largest absolute Gasteiger partial charge is 0.454 e. The van der Waals surface area contributed by atoms with Gasteiger partial charge in [0.25, 0.3) is 5.69 Å². The van der Waals surface area contributed by atoms with Crippen LogP contribution in [0, 0.1) is 10.1 Å². The molecule has 122 valence electrons. The first-order chi connectivity index (χ1) is 12.2. The second-order valence-corrected chi connectivity index (χ2v) is 5.77. The summed E-state index contributed by atoms with van der Waals surface area (Å²) in [6.45, 7) is 0.0599. The van der Waals surface area contributed by atoms with Crippen LogP contribution < -0.4 is 9.47 Å². The van der Waals surface area contributed by atoms with Crippen LogP contribution in [-0.4, -0.2) is 21.7 Å². The van der Waals surface area contributed by atoms with Crippen LogP contribution in [0.4, 0.5) is 5.69 Å². The standard InChI is InChI=1S/C18H11N3O4/c22-21(23)16-7-18-17(24-9-25-18)5-11(16)14-6-15-12(8-19-14)10-3-1-2-4-13(10)20-15/h1-8,20H,9H2. The number of fused-ring (bicyclic) bond motifs is 4. The number of H-pyrrole nitrogens is 1.